The van der Waals surface area contributed by atoms with E-state index in [-0.39, 0.29) is 23.6 Å². The van der Waals surface area contributed by atoms with Gasteiger partial charge in [0.1, 0.15) is 0 Å². The summed E-state index contributed by atoms with van der Waals surface area (Å²) < 4.78 is 23.0. The molecule has 102 valence electrons. The van der Waals surface area contributed by atoms with Crippen LogP contribution in [0.3, 0.4) is 0 Å². The van der Waals surface area contributed by atoms with Crippen molar-refractivity contribution < 1.29 is 8.42 Å². The third-order valence-electron chi connectivity index (χ3n) is 3.29. The van der Waals surface area contributed by atoms with E-state index in [1.54, 1.807) is 11.3 Å². The maximum atomic E-state index is 11.5. The van der Waals surface area contributed by atoms with Gasteiger partial charge in [0.2, 0.25) is 0 Å². The molecule has 1 aliphatic heterocycles. The van der Waals surface area contributed by atoms with Gasteiger partial charge in [0.25, 0.3) is 0 Å². The van der Waals surface area contributed by atoms with E-state index in [1.165, 1.54) is 0 Å². The smallest absolute Gasteiger partial charge is 0.185 e. The van der Waals surface area contributed by atoms with Crippen LogP contribution in [0.4, 0.5) is 5.13 Å². The van der Waals surface area contributed by atoms with Gasteiger partial charge in [-0.15, -0.1) is 11.3 Å². The van der Waals surface area contributed by atoms with Crippen LogP contribution < -0.4 is 10.6 Å². The number of hydrogen-bond donors (Lipinski definition) is 1. The topological polar surface area (TPSA) is 76.3 Å². The minimum atomic E-state index is -2.86. The molecule has 0 saturated carbocycles. The van der Waals surface area contributed by atoms with Crippen molar-refractivity contribution in [2.75, 3.05) is 23.5 Å². The molecule has 2 rings (SSSR count). The number of nitrogens with zero attached hydrogens (tertiary/aromatic N) is 2. The average molecular weight is 289 g/mol. The summed E-state index contributed by atoms with van der Waals surface area (Å²) in [5.41, 5.74) is 6.82. The van der Waals surface area contributed by atoms with Crippen LogP contribution in [0.2, 0.25) is 0 Å². The molecular formula is C11H19N3O2S2. The summed E-state index contributed by atoms with van der Waals surface area (Å²) in [4.78, 5) is 7.54. The zero-order chi connectivity index (χ0) is 13.5. The summed E-state index contributed by atoms with van der Waals surface area (Å²) in [7, 11) is -0.946. The van der Waals surface area contributed by atoms with E-state index in [9.17, 15) is 8.42 Å². The van der Waals surface area contributed by atoms with Crippen molar-refractivity contribution in [3.05, 3.63) is 10.6 Å². The van der Waals surface area contributed by atoms with Crippen molar-refractivity contribution in [1.82, 2.24) is 4.98 Å². The Bertz CT molecular complexity index is 536. The summed E-state index contributed by atoms with van der Waals surface area (Å²) in [6.45, 7) is 3.88. The number of aryl methyl sites for hydroxylation is 1. The molecule has 1 saturated heterocycles. The van der Waals surface area contributed by atoms with Gasteiger partial charge in [-0.2, -0.15) is 0 Å². The molecule has 2 N–H and O–H groups in total. The highest BCUT2D eigenvalue weighted by molar-refractivity contribution is 7.91. The summed E-state index contributed by atoms with van der Waals surface area (Å²) in [6, 6.07) is 0.0124. The van der Waals surface area contributed by atoms with Gasteiger partial charge in [0.05, 0.1) is 17.2 Å². The largest absolute Gasteiger partial charge is 0.347 e. The highest BCUT2D eigenvalue weighted by Gasteiger charge is 2.32. The molecule has 1 aliphatic rings. The van der Waals surface area contributed by atoms with E-state index in [1.807, 2.05) is 25.8 Å². The number of anilines is 1. The Hall–Kier alpha value is -0.660. The van der Waals surface area contributed by atoms with E-state index in [0.717, 1.165) is 15.7 Å². The maximum absolute atomic E-state index is 11.5. The van der Waals surface area contributed by atoms with Crippen LogP contribution in [-0.4, -0.2) is 38.0 Å². The number of rotatable bonds is 3. The van der Waals surface area contributed by atoms with E-state index in [2.05, 4.69) is 4.98 Å². The van der Waals surface area contributed by atoms with Gasteiger partial charge in [0, 0.05) is 24.0 Å². The number of thiazole rings is 1. The van der Waals surface area contributed by atoms with Crippen LogP contribution in [0.1, 0.15) is 30.0 Å². The lowest BCUT2D eigenvalue weighted by Crippen LogP contribution is -2.32. The average Bonchev–Trinajstić information content (AvgIpc) is 2.80. The summed E-state index contributed by atoms with van der Waals surface area (Å²) in [6.07, 6.45) is 0.685. The second-order valence-corrected chi connectivity index (χ2v) is 8.14. The lowest BCUT2D eigenvalue weighted by atomic mass is 10.2. The molecule has 1 aromatic rings. The summed E-state index contributed by atoms with van der Waals surface area (Å²) >= 11 is 1.56. The summed E-state index contributed by atoms with van der Waals surface area (Å²) in [5.74, 6) is 0.516. The maximum Gasteiger partial charge on any atom is 0.185 e. The van der Waals surface area contributed by atoms with E-state index in [4.69, 9.17) is 5.73 Å². The van der Waals surface area contributed by atoms with Gasteiger partial charge in [-0.05, 0) is 20.3 Å². The molecule has 18 heavy (non-hydrogen) atoms. The molecule has 0 aromatic carbocycles. The molecular weight excluding hydrogens is 270 g/mol. The van der Waals surface area contributed by atoms with Crippen LogP contribution in [0.15, 0.2) is 0 Å². The van der Waals surface area contributed by atoms with Crippen molar-refractivity contribution in [3.8, 4) is 0 Å². The van der Waals surface area contributed by atoms with Gasteiger partial charge < -0.3 is 10.6 Å². The SMILES string of the molecule is Cc1nc(N(C)C2CCS(=O)(=O)C2)sc1C(C)N. The van der Waals surface area contributed by atoms with Crippen molar-refractivity contribution in [2.24, 2.45) is 5.73 Å². The minimum absolute atomic E-state index is 0.0306. The first kappa shape index (κ1) is 13.8. The highest BCUT2D eigenvalue weighted by Crippen LogP contribution is 2.31. The quantitative estimate of drug-likeness (QED) is 0.901. The Labute approximate surface area is 112 Å². The van der Waals surface area contributed by atoms with E-state index in [0.29, 0.717) is 6.42 Å². The van der Waals surface area contributed by atoms with Crippen LogP contribution in [0, 0.1) is 6.92 Å². The molecule has 7 heteroatoms. The first-order valence-corrected chi connectivity index (χ1v) is 8.60. The second-order valence-electron chi connectivity index (χ2n) is 4.90. The first-order valence-electron chi connectivity index (χ1n) is 5.96. The van der Waals surface area contributed by atoms with E-state index >= 15 is 0 Å². The first-order chi connectivity index (χ1) is 8.30. The van der Waals surface area contributed by atoms with Gasteiger partial charge in [-0.3, -0.25) is 0 Å². The molecule has 1 fully saturated rings. The van der Waals surface area contributed by atoms with Crippen LogP contribution in [0.25, 0.3) is 0 Å². The standard InChI is InChI=1S/C11H19N3O2S2/c1-7(12)10-8(2)13-11(17-10)14(3)9-4-5-18(15,16)6-9/h7,9H,4-6,12H2,1-3H3. The number of aromatic nitrogens is 1. The fourth-order valence-electron chi connectivity index (χ4n) is 2.20. The minimum Gasteiger partial charge on any atom is -0.347 e. The van der Waals surface area contributed by atoms with Gasteiger partial charge in [0.15, 0.2) is 15.0 Å². The molecule has 5 nitrogen and oxygen atoms in total. The van der Waals surface area contributed by atoms with E-state index < -0.39 is 9.84 Å². The Balaban J connectivity index is 2.19. The Morgan fingerprint density at radius 1 is 1.56 bits per heavy atom. The second kappa shape index (κ2) is 4.79. The number of nitrogens with two attached hydrogens (primary N) is 1. The number of hydrogen-bond acceptors (Lipinski definition) is 6. The van der Waals surface area contributed by atoms with Crippen molar-refractivity contribution in [2.45, 2.75) is 32.4 Å². The fourth-order valence-corrected chi connectivity index (χ4v) is 5.03. The van der Waals surface area contributed by atoms with Crippen LogP contribution in [0.5, 0.6) is 0 Å². The normalized spacial score (nSPS) is 24.1. The molecule has 2 unspecified atom stereocenters. The fraction of sp³-hybridized carbons (Fsp3) is 0.727. The Morgan fingerprint density at radius 2 is 2.22 bits per heavy atom. The van der Waals surface area contributed by atoms with Crippen molar-refractivity contribution >= 4 is 26.3 Å². The zero-order valence-electron chi connectivity index (χ0n) is 10.9. The Morgan fingerprint density at radius 3 is 2.67 bits per heavy atom. The van der Waals surface area contributed by atoms with Gasteiger partial charge in [-0.25, -0.2) is 13.4 Å². The third-order valence-corrected chi connectivity index (χ3v) is 6.49. The lowest BCUT2D eigenvalue weighted by Gasteiger charge is -2.22. The molecule has 0 spiro atoms. The zero-order valence-corrected chi connectivity index (χ0v) is 12.5. The van der Waals surface area contributed by atoms with Crippen molar-refractivity contribution in [1.29, 1.82) is 0 Å². The predicted octanol–water partition coefficient (Wildman–Crippen LogP) is 1.09. The van der Waals surface area contributed by atoms with Gasteiger partial charge >= 0.3 is 0 Å². The highest BCUT2D eigenvalue weighted by atomic mass is 32.2. The molecule has 2 heterocycles. The lowest BCUT2D eigenvalue weighted by molar-refractivity contribution is 0.601. The van der Waals surface area contributed by atoms with Gasteiger partial charge in [-0.1, -0.05) is 0 Å². The van der Waals surface area contributed by atoms with Crippen LogP contribution in [-0.2, 0) is 9.84 Å². The molecule has 0 bridgehead atoms. The summed E-state index contributed by atoms with van der Waals surface area (Å²) in [5, 5.41) is 0.863. The Kier molecular flexibility index (Phi) is 3.66. The molecule has 0 amide bonds. The third kappa shape index (κ3) is 2.67. The molecule has 0 radical (unpaired) electrons. The number of sulfone groups is 1. The monoisotopic (exact) mass is 289 g/mol. The molecule has 2 atom stereocenters. The van der Waals surface area contributed by atoms with Crippen LogP contribution >= 0.6 is 11.3 Å². The predicted molar refractivity (Wildman–Crippen MR) is 74.9 cm³/mol. The molecule has 0 aliphatic carbocycles. The molecule has 1 aromatic heterocycles. The van der Waals surface area contributed by atoms with Crippen molar-refractivity contribution in [3.63, 3.8) is 0 Å².